The number of nitrogens with zero attached hydrogens (tertiary/aromatic N) is 4. The number of halogens is 1. The molecule has 1 aliphatic rings. The highest BCUT2D eigenvalue weighted by atomic mass is 79.9. The van der Waals surface area contributed by atoms with Crippen LogP contribution in [0, 0.1) is 0 Å². The zero-order chi connectivity index (χ0) is 20.5. The Kier molecular flexibility index (Phi) is 5.47. The van der Waals surface area contributed by atoms with E-state index in [-0.39, 0.29) is 12.0 Å². The molecule has 3 heterocycles. The average molecular weight is 456 g/mol. The lowest BCUT2D eigenvalue weighted by molar-refractivity contribution is 0.0740. The van der Waals surface area contributed by atoms with Crippen LogP contribution in [0.1, 0.15) is 53.6 Å². The van der Waals surface area contributed by atoms with Crippen LogP contribution in [0.15, 0.2) is 34.9 Å². The quantitative estimate of drug-likeness (QED) is 0.624. The fourth-order valence-electron chi connectivity index (χ4n) is 3.73. The molecule has 0 radical (unpaired) electrons. The Bertz CT molecular complexity index is 1070. The Hall–Kier alpha value is -2.58. The van der Waals surface area contributed by atoms with E-state index in [1.165, 1.54) is 0 Å². The van der Waals surface area contributed by atoms with Gasteiger partial charge in [0.2, 0.25) is 0 Å². The first kappa shape index (κ1) is 19.7. The van der Waals surface area contributed by atoms with Crippen molar-refractivity contribution in [1.29, 1.82) is 0 Å². The molecule has 0 saturated heterocycles. The van der Waals surface area contributed by atoms with Crippen molar-refractivity contribution in [3.8, 4) is 0 Å². The number of rotatable bonds is 5. The summed E-state index contributed by atoms with van der Waals surface area (Å²) < 4.78 is 6.42. The minimum Gasteiger partial charge on any atom is -0.383 e. The molecule has 0 saturated carbocycles. The number of fused-ring (bicyclic) bond motifs is 3. The van der Waals surface area contributed by atoms with Crippen LogP contribution in [0.5, 0.6) is 0 Å². The van der Waals surface area contributed by atoms with E-state index >= 15 is 0 Å². The summed E-state index contributed by atoms with van der Waals surface area (Å²) in [6, 6.07) is 9.25. The third kappa shape index (κ3) is 3.82. The standard InChI is InChI=1S/C21H22BrN5O2/c1-3-8-27(10-14-5-7-18(22)26-25-14)21(28)13-4-6-17-15(9-13)16-11-29-12(2)19(16)20(23)24-17/h4-7,9,12H,3,8,10-11H2,1-2H3,(H2,23,24)/t12-/m1/s1. The van der Waals surface area contributed by atoms with Crippen molar-refractivity contribution in [1.82, 2.24) is 20.1 Å². The molecule has 0 fully saturated rings. The lowest BCUT2D eigenvalue weighted by Gasteiger charge is -2.22. The molecular weight excluding hydrogens is 434 g/mol. The molecule has 150 valence electrons. The summed E-state index contributed by atoms with van der Waals surface area (Å²) in [5.41, 5.74) is 10.2. The number of nitrogen functional groups attached to an aromatic ring is 1. The molecule has 1 amide bonds. The Morgan fingerprint density at radius 2 is 2.14 bits per heavy atom. The zero-order valence-electron chi connectivity index (χ0n) is 16.4. The SMILES string of the molecule is CCCN(Cc1ccc(Br)nn1)C(=O)c1ccc2nc(N)c3c(c2c1)CO[C@@H]3C. The lowest BCUT2D eigenvalue weighted by atomic mass is 10.00. The van der Waals surface area contributed by atoms with E-state index in [1.807, 2.05) is 38.1 Å². The van der Waals surface area contributed by atoms with E-state index < -0.39 is 0 Å². The summed E-state index contributed by atoms with van der Waals surface area (Å²) in [7, 11) is 0. The maximum absolute atomic E-state index is 13.3. The molecule has 2 aromatic heterocycles. The third-order valence-corrected chi connectivity index (χ3v) is 5.54. The number of anilines is 1. The molecule has 1 aliphatic heterocycles. The molecule has 29 heavy (non-hydrogen) atoms. The number of nitrogens with two attached hydrogens (primary N) is 1. The molecule has 0 bridgehead atoms. The highest BCUT2D eigenvalue weighted by molar-refractivity contribution is 9.10. The summed E-state index contributed by atoms with van der Waals surface area (Å²) in [6.45, 7) is 5.53. The zero-order valence-corrected chi connectivity index (χ0v) is 17.9. The molecule has 4 rings (SSSR count). The maximum Gasteiger partial charge on any atom is 0.254 e. The number of aromatic nitrogens is 3. The largest absolute Gasteiger partial charge is 0.383 e. The van der Waals surface area contributed by atoms with Crippen LogP contribution >= 0.6 is 15.9 Å². The first-order valence-corrected chi connectivity index (χ1v) is 10.4. The van der Waals surface area contributed by atoms with Crippen molar-refractivity contribution >= 4 is 38.6 Å². The number of pyridine rings is 1. The van der Waals surface area contributed by atoms with Gasteiger partial charge >= 0.3 is 0 Å². The molecule has 3 aromatic rings. The number of carbonyl (C=O) groups is 1. The lowest BCUT2D eigenvalue weighted by Crippen LogP contribution is -2.31. The van der Waals surface area contributed by atoms with E-state index in [0.29, 0.717) is 35.7 Å². The van der Waals surface area contributed by atoms with Gasteiger partial charge in [0, 0.05) is 23.1 Å². The van der Waals surface area contributed by atoms with E-state index in [4.69, 9.17) is 10.5 Å². The first-order chi connectivity index (χ1) is 14.0. The second-order valence-corrected chi connectivity index (χ2v) is 7.96. The molecule has 0 spiro atoms. The Balaban J connectivity index is 1.69. The van der Waals surface area contributed by atoms with Gasteiger partial charge in [0.25, 0.3) is 5.91 Å². The van der Waals surface area contributed by atoms with Crippen LogP contribution in [0.4, 0.5) is 5.82 Å². The van der Waals surface area contributed by atoms with Gasteiger partial charge in [-0.05, 0) is 65.2 Å². The second kappa shape index (κ2) is 8.04. The van der Waals surface area contributed by atoms with Crippen LogP contribution in [0.2, 0.25) is 0 Å². The topological polar surface area (TPSA) is 94.2 Å². The molecule has 1 aromatic carbocycles. The van der Waals surface area contributed by atoms with Crippen molar-refractivity contribution in [2.75, 3.05) is 12.3 Å². The van der Waals surface area contributed by atoms with E-state index in [1.54, 1.807) is 11.0 Å². The number of carbonyl (C=O) groups excluding carboxylic acids is 1. The smallest absolute Gasteiger partial charge is 0.254 e. The van der Waals surface area contributed by atoms with Crippen molar-refractivity contribution in [3.05, 3.63) is 57.3 Å². The fourth-order valence-corrected chi connectivity index (χ4v) is 3.94. The van der Waals surface area contributed by atoms with Gasteiger partial charge in [-0.1, -0.05) is 6.92 Å². The van der Waals surface area contributed by atoms with Crippen molar-refractivity contribution in [2.45, 2.75) is 39.5 Å². The maximum atomic E-state index is 13.3. The molecule has 1 atom stereocenters. The van der Waals surface area contributed by atoms with Crippen LogP contribution in [-0.2, 0) is 17.9 Å². The van der Waals surface area contributed by atoms with Crippen LogP contribution < -0.4 is 5.73 Å². The fraction of sp³-hybridized carbons (Fsp3) is 0.333. The minimum atomic E-state index is -0.0890. The molecule has 7 nitrogen and oxygen atoms in total. The van der Waals surface area contributed by atoms with E-state index in [2.05, 4.69) is 31.1 Å². The van der Waals surface area contributed by atoms with Crippen LogP contribution in [0.3, 0.4) is 0 Å². The van der Waals surface area contributed by atoms with Gasteiger partial charge in [-0.3, -0.25) is 4.79 Å². The predicted octanol–water partition coefficient (Wildman–Crippen LogP) is 4.01. The van der Waals surface area contributed by atoms with Crippen molar-refractivity contribution in [2.24, 2.45) is 0 Å². The van der Waals surface area contributed by atoms with Gasteiger partial charge < -0.3 is 15.4 Å². The first-order valence-electron chi connectivity index (χ1n) is 9.59. The highest BCUT2D eigenvalue weighted by Gasteiger charge is 2.26. The van der Waals surface area contributed by atoms with Gasteiger partial charge in [0.1, 0.15) is 10.4 Å². The summed E-state index contributed by atoms with van der Waals surface area (Å²) in [6.07, 6.45) is 0.760. The van der Waals surface area contributed by atoms with Gasteiger partial charge in [-0.25, -0.2) is 4.98 Å². The Morgan fingerprint density at radius 1 is 1.31 bits per heavy atom. The monoisotopic (exact) mass is 455 g/mol. The predicted molar refractivity (Wildman–Crippen MR) is 114 cm³/mol. The second-order valence-electron chi connectivity index (χ2n) is 7.15. The molecular formula is C21H22BrN5O2. The summed E-state index contributed by atoms with van der Waals surface area (Å²) in [5, 5.41) is 9.10. The molecule has 0 aliphatic carbocycles. The Morgan fingerprint density at radius 3 is 2.86 bits per heavy atom. The number of amides is 1. The minimum absolute atomic E-state index is 0.0454. The number of hydrogen-bond acceptors (Lipinski definition) is 6. The molecule has 0 unspecified atom stereocenters. The van der Waals surface area contributed by atoms with E-state index in [9.17, 15) is 4.79 Å². The summed E-state index contributed by atoms with van der Waals surface area (Å²) in [5.74, 6) is 0.453. The van der Waals surface area contributed by atoms with Gasteiger partial charge in [-0.2, -0.15) is 5.10 Å². The number of hydrogen-bond donors (Lipinski definition) is 1. The Labute approximate surface area is 177 Å². The third-order valence-electron chi connectivity index (χ3n) is 5.12. The van der Waals surface area contributed by atoms with Crippen LogP contribution in [-0.4, -0.2) is 32.5 Å². The summed E-state index contributed by atoms with van der Waals surface area (Å²) in [4.78, 5) is 19.6. The average Bonchev–Trinajstić information content (AvgIpc) is 3.11. The van der Waals surface area contributed by atoms with E-state index in [0.717, 1.165) is 34.1 Å². The van der Waals surface area contributed by atoms with Gasteiger partial charge in [-0.15, -0.1) is 5.10 Å². The summed E-state index contributed by atoms with van der Waals surface area (Å²) >= 11 is 3.29. The molecule has 8 heteroatoms. The van der Waals surface area contributed by atoms with Crippen molar-refractivity contribution < 1.29 is 9.53 Å². The number of ether oxygens (including phenoxy) is 1. The molecule has 2 N–H and O–H groups in total. The van der Waals surface area contributed by atoms with Crippen LogP contribution in [0.25, 0.3) is 10.9 Å². The van der Waals surface area contributed by atoms with Gasteiger partial charge in [0.05, 0.1) is 30.5 Å². The van der Waals surface area contributed by atoms with Crippen molar-refractivity contribution in [3.63, 3.8) is 0 Å². The highest BCUT2D eigenvalue weighted by Crippen LogP contribution is 2.38. The normalized spacial score (nSPS) is 15.5. The number of benzene rings is 1. The van der Waals surface area contributed by atoms with Gasteiger partial charge in [0.15, 0.2) is 0 Å².